The van der Waals surface area contributed by atoms with Gasteiger partial charge in [-0.05, 0) is 32.0 Å². The Bertz CT molecular complexity index is 900. The number of ether oxygens (including phenoxy) is 2. The maximum absolute atomic E-state index is 12.3. The fourth-order valence-electron chi connectivity index (χ4n) is 2.92. The molecule has 0 spiro atoms. The van der Waals surface area contributed by atoms with E-state index in [1.165, 1.54) is 6.07 Å². The largest absolute Gasteiger partial charge is 0.494 e. The average molecular weight is 372 g/mol. The van der Waals surface area contributed by atoms with Gasteiger partial charge in [0, 0.05) is 30.2 Å². The molecular weight excluding hydrogens is 352 g/mol. The van der Waals surface area contributed by atoms with E-state index in [1.54, 1.807) is 0 Å². The summed E-state index contributed by atoms with van der Waals surface area (Å²) < 4.78 is 11.4. The van der Waals surface area contributed by atoms with Crippen LogP contribution in [0.25, 0.3) is 0 Å². The Kier molecular flexibility index (Phi) is 5.11. The number of pyridine rings is 1. The molecule has 3 N–H and O–H groups in total. The second-order valence-corrected chi connectivity index (χ2v) is 6.17. The number of fused-ring (bicyclic) bond motifs is 1. The van der Waals surface area contributed by atoms with Gasteiger partial charge in [0.25, 0.3) is 5.91 Å². The van der Waals surface area contributed by atoms with Gasteiger partial charge >= 0.3 is 5.69 Å². The number of nitrogens with one attached hydrogen (secondary N) is 1. The highest BCUT2D eigenvalue weighted by Crippen LogP contribution is 2.35. The maximum Gasteiger partial charge on any atom is 0.311 e. The van der Waals surface area contributed by atoms with Crippen molar-refractivity contribution >= 4 is 17.4 Å². The molecule has 142 valence electrons. The molecule has 1 aliphatic rings. The molecule has 0 fully saturated rings. The third kappa shape index (κ3) is 3.91. The molecule has 1 atom stereocenters. The molecule has 1 aromatic heterocycles. The van der Waals surface area contributed by atoms with Gasteiger partial charge in [-0.15, -0.1) is 0 Å². The Morgan fingerprint density at radius 2 is 2.26 bits per heavy atom. The summed E-state index contributed by atoms with van der Waals surface area (Å²) in [6, 6.07) is 6.22. The van der Waals surface area contributed by atoms with Crippen LogP contribution in [0.4, 0.5) is 11.5 Å². The first-order chi connectivity index (χ1) is 12.9. The third-order valence-corrected chi connectivity index (χ3v) is 4.15. The number of nitrogens with two attached hydrogens (primary N) is 1. The van der Waals surface area contributed by atoms with E-state index in [-0.39, 0.29) is 29.8 Å². The van der Waals surface area contributed by atoms with Crippen LogP contribution in [0, 0.1) is 10.1 Å². The molecule has 2 aromatic rings. The zero-order valence-corrected chi connectivity index (χ0v) is 15.0. The maximum atomic E-state index is 12.3. The highest BCUT2D eigenvalue weighted by Gasteiger charge is 2.22. The smallest absolute Gasteiger partial charge is 0.311 e. The lowest BCUT2D eigenvalue weighted by molar-refractivity contribution is -0.384. The van der Waals surface area contributed by atoms with Crippen LogP contribution in [-0.4, -0.2) is 28.5 Å². The number of carbonyl (C=O) groups excluding carboxylic acids is 1. The second kappa shape index (κ2) is 7.48. The van der Waals surface area contributed by atoms with Crippen molar-refractivity contribution in [1.29, 1.82) is 0 Å². The predicted octanol–water partition coefficient (Wildman–Crippen LogP) is 2.22. The molecular formula is C18H20N4O5. The highest BCUT2D eigenvalue weighted by atomic mass is 16.6. The minimum absolute atomic E-state index is 0.00194. The van der Waals surface area contributed by atoms with Gasteiger partial charge in [-0.1, -0.05) is 0 Å². The summed E-state index contributed by atoms with van der Waals surface area (Å²) in [6.07, 6.45) is 0.917. The SMILES string of the molecule is CCOc1cc2c(cc1CNC(=O)c1ccc([N+](=O)[O-])c(N)n1)OC(C)C2. The van der Waals surface area contributed by atoms with Crippen molar-refractivity contribution in [1.82, 2.24) is 10.3 Å². The topological polar surface area (TPSA) is 130 Å². The van der Waals surface area contributed by atoms with E-state index in [4.69, 9.17) is 15.2 Å². The lowest BCUT2D eigenvalue weighted by Gasteiger charge is -2.13. The molecule has 27 heavy (non-hydrogen) atoms. The van der Waals surface area contributed by atoms with Gasteiger partial charge in [-0.3, -0.25) is 14.9 Å². The van der Waals surface area contributed by atoms with Crippen molar-refractivity contribution in [2.75, 3.05) is 12.3 Å². The van der Waals surface area contributed by atoms with Gasteiger partial charge in [0.05, 0.1) is 11.5 Å². The second-order valence-electron chi connectivity index (χ2n) is 6.17. The summed E-state index contributed by atoms with van der Waals surface area (Å²) in [6.45, 7) is 4.57. The number of rotatable bonds is 6. The fourth-order valence-corrected chi connectivity index (χ4v) is 2.92. The number of hydrogen-bond donors (Lipinski definition) is 2. The summed E-state index contributed by atoms with van der Waals surface area (Å²) in [5.74, 6) is 0.676. The molecule has 9 nitrogen and oxygen atoms in total. The van der Waals surface area contributed by atoms with Gasteiger partial charge in [0.2, 0.25) is 5.82 Å². The lowest BCUT2D eigenvalue weighted by atomic mass is 10.1. The number of benzene rings is 1. The molecule has 0 saturated carbocycles. The molecule has 2 heterocycles. The number of nitrogens with zero attached hydrogens (tertiary/aromatic N) is 2. The van der Waals surface area contributed by atoms with Crippen LogP contribution in [0.2, 0.25) is 0 Å². The van der Waals surface area contributed by atoms with E-state index in [9.17, 15) is 14.9 Å². The minimum atomic E-state index is -0.649. The summed E-state index contributed by atoms with van der Waals surface area (Å²) in [5, 5.41) is 13.5. The molecule has 3 rings (SSSR count). The first kappa shape index (κ1) is 18.4. The van der Waals surface area contributed by atoms with Crippen molar-refractivity contribution in [3.63, 3.8) is 0 Å². The summed E-state index contributed by atoms with van der Waals surface area (Å²) in [7, 11) is 0. The van der Waals surface area contributed by atoms with E-state index in [1.807, 2.05) is 26.0 Å². The Hall–Kier alpha value is -3.36. The van der Waals surface area contributed by atoms with Crippen molar-refractivity contribution in [3.05, 3.63) is 51.2 Å². The quantitative estimate of drug-likeness (QED) is 0.587. The highest BCUT2D eigenvalue weighted by molar-refractivity contribution is 5.93. The van der Waals surface area contributed by atoms with Crippen molar-refractivity contribution in [3.8, 4) is 11.5 Å². The van der Waals surface area contributed by atoms with Crippen LogP contribution in [0.3, 0.4) is 0 Å². The Morgan fingerprint density at radius 1 is 1.48 bits per heavy atom. The van der Waals surface area contributed by atoms with Crippen molar-refractivity contribution < 1.29 is 19.2 Å². The van der Waals surface area contributed by atoms with Crippen LogP contribution in [0.15, 0.2) is 24.3 Å². The summed E-state index contributed by atoms with van der Waals surface area (Å²) in [5.41, 5.74) is 7.05. The van der Waals surface area contributed by atoms with Gasteiger partial charge in [0.15, 0.2) is 0 Å². The van der Waals surface area contributed by atoms with Gasteiger partial charge < -0.3 is 20.5 Å². The Morgan fingerprint density at radius 3 is 2.93 bits per heavy atom. The predicted molar refractivity (Wildman–Crippen MR) is 97.9 cm³/mol. The molecule has 9 heteroatoms. The number of nitro groups is 1. The molecule has 1 unspecified atom stereocenters. The van der Waals surface area contributed by atoms with Crippen molar-refractivity contribution in [2.45, 2.75) is 32.9 Å². The van der Waals surface area contributed by atoms with E-state index < -0.39 is 10.8 Å². The van der Waals surface area contributed by atoms with Crippen LogP contribution in [0.1, 0.15) is 35.5 Å². The van der Waals surface area contributed by atoms with Gasteiger partial charge in [-0.2, -0.15) is 0 Å². The minimum Gasteiger partial charge on any atom is -0.494 e. The summed E-state index contributed by atoms with van der Waals surface area (Å²) >= 11 is 0. The average Bonchev–Trinajstić information content (AvgIpc) is 2.98. The number of nitrogen functional groups attached to an aromatic ring is 1. The zero-order chi connectivity index (χ0) is 19.6. The third-order valence-electron chi connectivity index (χ3n) is 4.15. The molecule has 0 aliphatic carbocycles. The number of hydrogen-bond acceptors (Lipinski definition) is 7. The number of anilines is 1. The van der Waals surface area contributed by atoms with E-state index >= 15 is 0 Å². The van der Waals surface area contributed by atoms with Crippen LogP contribution >= 0.6 is 0 Å². The number of carbonyl (C=O) groups is 1. The van der Waals surface area contributed by atoms with Crippen LogP contribution in [0.5, 0.6) is 11.5 Å². The van der Waals surface area contributed by atoms with E-state index in [0.717, 1.165) is 29.4 Å². The summed E-state index contributed by atoms with van der Waals surface area (Å²) in [4.78, 5) is 26.3. The number of aromatic nitrogens is 1. The Balaban J connectivity index is 1.76. The normalized spacial score (nSPS) is 15.0. The van der Waals surface area contributed by atoms with Gasteiger partial charge in [-0.25, -0.2) is 4.98 Å². The fraction of sp³-hybridized carbons (Fsp3) is 0.333. The number of amides is 1. The molecule has 0 radical (unpaired) electrons. The molecule has 0 saturated heterocycles. The first-order valence-corrected chi connectivity index (χ1v) is 8.53. The molecule has 1 aliphatic heterocycles. The first-order valence-electron chi connectivity index (χ1n) is 8.53. The molecule has 0 bridgehead atoms. The Labute approximate surface area is 155 Å². The van der Waals surface area contributed by atoms with Crippen molar-refractivity contribution in [2.24, 2.45) is 0 Å². The molecule has 1 amide bonds. The monoisotopic (exact) mass is 372 g/mol. The van der Waals surface area contributed by atoms with E-state index in [2.05, 4.69) is 10.3 Å². The van der Waals surface area contributed by atoms with Crippen LogP contribution < -0.4 is 20.5 Å². The van der Waals surface area contributed by atoms with E-state index in [0.29, 0.717) is 12.4 Å². The standard InChI is InChI=1S/C18H20N4O5/c1-3-26-15-7-11-6-10(2)27-16(11)8-12(15)9-20-18(23)13-4-5-14(22(24)25)17(19)21-13/h4-5,7-8,10H,3,6,9H2,1-2H3,(H2,19,21)(H,20,23). The zero-order valence-electron chi connectivity index (χ0n) is 15.0. The lowest BCUT2D eigenvalue weighted by Crippen LogP contribution is -2.24. The molecule has 1 aromatic carbocycles. The van der Waals surface area contributed by atoms with Crippen LogP contribution in [-0.2, 0) is 13.0 Å². The van der Waals surface area contributed by atoms with Gasteiger partial charge in [0.1, 0.15) is 23.3 Å².